The van der Waals surface area contributed by atoms with E-state index in [1.807, 2.05) is 29.2 Å². The van der Waals surface area contributed by atoms with Gasteiger partial charge in [0, 0.05) is 19.1 Å². The second-order valence-electron chi connectivity index (χ2n) is 6.01. The molecule has 124 valence electrons. The van der Waals surface area contributed by atoms with Crippen molar-refractivity contribution in [2.45, 2.75) is 37.6 Å². The molecular formula is C17H24N4OS. The smallest absolute Gasteiger partial charge is 0.242 e. The van der Waals surface area contributed by atoms with Crippen LogP contribution in [0.1, 0.15) is 25.1 Å². The zero-order chi connectivity index (χ0) is 16.2. The fraction of sp³-hybridized carbons (Fsp3) is 0.529. The van der Waals surface area contributed by atoms with Gasteiger partial charge in [0.2, 0.25) is 5.91 Å². The van der Waals surface area contributed by atoms with Crippen LogP contribution in [-0.2, 0) is 17.1 Å². The van der Waals surface area contributed by atoms with E-state index in [4.69, 9.17) is 5.73 Å². The van der Waals surface area contributed by atoms with Crippen LogP contribution < -0.4 is 5.73 Å². The minimum Gasteiger partial charge on any atom is -0.337 e. The highest BCUT2D eigenvalue weighted by Gasteiger charge is 2.26. The first kappa shape index (κ1) is 16.3. The summed E-state index contributed by atoms with van der Waals surface area (Å²) in [6.45, 7) is 1.73. The molecule has 0 radical (unpaired) electrons. The van der Waals surface area contributed by atoms with Crippen molar-refractivity contribution in [1.29, 1.82) is 0 Å². The highest BCUT2D eigenvalue weighted by molar-refractivity contribution is 7.97. The number of rotatable bonds is 5. The summed E-state index contributed by atoms with van der Waals surface area (Å²) >= 11 is 1.72. The number of piperidine rings is 1. The molecule has 1 aliphatic heterocycles. The summed E-state index contributed by atoms with van der Waals surface area (Å²) in [7, 11) is 0. The highest BCUT2D eigenvalue weighted by atomic mass is 32.2. The summed E-state index contributed by atoms with van der Waals surface area (Å²) in [6, 6.07) is 8.21. The quantitative estimate of drug-likeness (QED) is 0.912. The maximum Gasteiger partial charge on any atom is 0.242 e. The van der Waals surface area contributed by atoms with Crippen LogP contribution in [0.5, 0.6) is 0 Å². The number of benzene rings is 1. The maximum absolute atomic E-state index is 12.8. The third-order valence-corrected chi connectivity index (χ3v) is 5.07. The predicted molar refractivity (Wildman–Crippen MR) is 95.4 cm³/mol. The number of fused-ring (bicyclic) bond motifs is 1. The number of aromatic nitrogens is 2. The van der Waals surface area contributed by atoms with Crippen LogP contribution >= 0.6 is 11.8 Å². The van der Waals surface area contributed by atoms with Gasteiger partial charge in [-0.2, -0.15) is 11.8 Å². The molecule has 23 heavy (non-hydrogen) atoms. The summed E-state index contributed by atoms with van der Waals surface area (Å²) in [5, 5.41) is 0. The van der Waals surface area contributed by atoms with Crippen LogP contribution in [0.3, 0.4) is 0 Å². The molecule has 6 heteroatoms. The average molecular weight is 332 g/mol. The van der Waals surface area contributed by atoms with Crippen molar-refractivity contribution in [2.24, 2.45) is 5.73 Å². The van der Waals surface area contributed by atoms with Crippen molar-refractivity contribution in [1.82, 2.24) is 14.5 Å². The Balaban J connectivity index is 1.87. The van der Waals surface area contributed by atoms with E-state index >= 15 is 0 Å². The number of likely N-dealkylation sites (tertiary alicyclic amines) is 1. The number of carbonyl (C=O) groups excluding carboxylic acids is 1. The van der Waals surface area contributed by atoms with Crippen molar-refractivity contribution in [3.63, 3.8) is 0 Å². The summed E-state index contributed by atoms with van der Waals surface area (Å²) in [4.78, 5) is 19.5. The lowest BCUT2D eigenvalue weighted by atomic mass is 10.0. The van der Waals surface area contributed by atoms with Gasteiger partial charge in [-0.25, -0.2) is 4.98 Å². The van der Waals surface area contributed by atoms with E-state index in [0.717, 1.165) is 48.4 Å². The molecule has 1 unspecified atom stereocenters. The molecule has 1 atom stereocenters. The van der Waals surface area contributed by atoms with E-state index in [1.54, 1.807) is 11.8 Å². The Labute approximate surface area is 141 Å². The van der Waals surface area contributed by atoms with E-state index in [9.17, 15) is 4.79 Å². The Bertz CT molecular complexity index is 684. The standard InChI is InChI=1S/C17H24N4OS/c1-23-12-16-19-14-7-2-3-8-15(14)21(16)11-17(22)20-9-5-4-6-13(20)10-18/h2-3,7-8,13H,4-6,9-12,18H2,1H3. The van der Waals surface area contributed by atoms with E-state index in [1.165, 1.54) is 0 Å². The van der Waals surface area contributed by atoms with Crippen molar-refractivity contribution in [2.75, 3.05) is 19.3 Å². The number of nitrogens with two attached hydrogens (primary N) is 1. The molecule has 0 aliphatic carbocycles. The topological polar surface area (TPSA) is 64.2 Å². The molecule has 1 aromatic heterocycles. The molecule has 2 heterocycles. The van der Waals surface area contributed by atoms with Gasteiger partial charge in [0.25, 0.3) is 0 Å². The largest absolute Gasteiger partial charge is 0.337 e. The SMILES string of the molecule is CSCc1nc2ccccc2n1CC(=O)N1CCCCC1CN. The number of carbonyl (C=O) groups is 1. The lowest BCUT2D eigenvalue weighted by molar-refractivity contribution is -0.135. The van der Waals surface area contributed by atoms with Gasteiger partial charge in [-0.3, -0.25) is 4.79 Å². The minimum absolute atomic E-state index is 0.158. The first-order valence-electron chi connectivity index (χ1n) is 8.17. The molecule has 2 N–H and O–H groups in total. The number of amides is 1. The van der Waals surface area contributed by atoms with Crippen LogP contribution in [0, 0.1) is 0 Å². The molecule has 2 aromatic rings. The van der Waals surface area contributed by atoms with Crippen molar-refractivity contribution < 1.29 is 4.79 Å². The van der Waals surface area contributed by atoms with Gasteiger partial charge in [-0.1, -0.05) is 12.1 Å². The minimum atomic E-state index is 0.158. The molecule has 1 saturated heterocycles. The fourth-order valence-electron chi connectivity index (χ4n) is 3.34. The number of imidazole rings is 1. The normalized spacial score (nSPS) is 18.5. The Morgan fingerprint density at radius 3 is 3.00 bits per heavy atom. The van der Waals surface area contributed by atoms with Crippen molar-refractivity contribution in [3.8, 4) is 0 Å². The molecule has 0 saturated carbocycles. The zero-order valence-electron chi connectivity index (χ0n) is 13.6. The molecular weight excluding hydrogens is 308 g/mol. The van der Waals surface area contributed by atoms with Gasteiger partial charge in [-0.15, -0.1) is 0 Å². The molecule has 5 nitrogen and oxygen atoms in total. The van der Waals surface area contributed by atoms with Crippen LogP contribution in [-0.4, -0.2) is 45.7 Å². The molecule has 1 aromatic carbocycles. The molecule has 0 spiro atoms. The zero-order valence-corrected chi connectivity index (χ0v) is 14.4. The van der Waals surface area contributed by atoms with Gasteiger partial charge in [0.1, 0.15) is 12.4 Å². The lowest BCUT2D eigenvalue weighted by Crippen LogP contribution is -2.48. The Hall–Kier alpha value is -1.53. The molecule has 0 bridgehead atoms. The van der Waals surface area contributed by atoms with E-state index in [-0.39, 0.29) is 11.9 Å². The molecule has 1 fully saturated rings. The lowest BCUT2D eigenvalue weighted by Gasteiger charge is -2.35. The number of hydrogen-bond donors (Lipinski definition) is 1. The van der Waals surface area contributed by atoms with Crippen molar-refractivity contribution >= 4 is 28.7 Å². The summed E-state index contributed by atoms with van der Waals surface area (Å²) in [5.41, 5.74) is 7.85. The van der Waals surface area contributed by atoms with Gasteiger partial charge in [-0.05, 0) is 37.7 Å². The van der Waals surface area contributed by atoms with Crippen LogP contribution in [0.25, 0.3) is 11.0 Å². The predicted octanol–water partition coefficient (Wildman–Crippen LogP) is 2.24. The maximum atomic E-state index is 12.8. The number of para-hydroxylation sites is 2. The Kier molecular flexibility index (Phi) is 5.23. The van der Waals surface area contributed by atoms with E-state index in [2.05, 4.69) is 15.8 Å². The number of hydrogen-bond acceptors (Lipinski definition) is 4. The molecule has 3 rings (SSSR count). The van der Waals surface area contributed by atoms with Gasteiger partial charge in [0.15, 0.2) is 0 Å². The highest BCUT2D eigenvalue weighted by Crippen LogP contribution is 2.21. The number of nitrogens with zero attached hydrogens (tertiary/aromatic N) is 3. The fourth-order valence-corrected chi connectivity index (χ4v) is 3.82. The third kappa shape index (κ3) is 3.38. The van der Waals surface area contributed by atoms with Crippen molar-refractivity contribution in [3.05, 3.63) is 30.1 Å². The molecule has 1 amide bonds. The van der Waals surface area contributed by atoms with E-state index < -0.39 is 0 Å². The average Bonchev–Trinajstić information content (AvgIpc) is 2.93. The second-order valence-corrected chi connectivity index (χ2v) is 6.87. The monoisotopic (exact) mass is 332 g/mol. The van der Waals surface area contributed by atoms with Crippen LogP contribution in [0.15, 0.2) is 24.3 Å². The van der Waals surface area contributed by atoms with Gasteiger partial charge in [0.05, 0.1) is 16.8 Å². The van der Waals surface area contributed by atoms with Crippen LogP contribution in [0.4, 0.5) is 0 Å². The van der Waals surface area contributed by atoms with Gasteiger partial charge < -0.3 is 15.2 Å². The summed E-state index contributed by atoms with van der Waals surface area (Å²) in [5.74, 6) is 1.93. The van der Waals surface area contributed by atoms with E-state index in [0.29, 0.717) is 13.1 Å². The summed E-state index contributed by atoms with van der Waals surface area (Å²) in [6.07, 6.45) is 5.31. The van der Waals surface area contributed by atoms with Gasteiger partial charge >= 0.3 is 0 Å². The third-order valence-electron chi connectivity index (χ3n) is 4.52. The van der Waals surface area contributed by atoms with Crippen LogP contribution in [0.2, 0.25) is 0 Å². The first-order chi connectivity index (χ1) is 11.2. The first-order valence-corrected chi connectivity index (χ1v) is 9.56. The second kappa shape index (κ2) is 7.36. The Morgan fingerprint density at radius 2 is 2.22 bits per heavy atom. The summed E-state index contributed by atoms with van der Waals surface area (Å²) < 4.78 is 2.07. The molecule has 1 aliphatic rings. The number of thioether (sulfide) groups is 1. The Morgan fingerprint density at radius 1 is 1.39 bits per heavy atom.